The van der Waals surface area contributed by atoms with E-state index in [9.17, 15) is 4.39 Å². The molecule has 0 spiro atoms. The predicted molar refractivity (Wildman–Crippen MR) is 69.0 cm³/mol. The van der Waals surface area contributed by atoms with Gasteiger partial charge in [-0.25, -0.2) is 4.98 Å². The van der Waals surface area contributed by atoms with Crippen LogP contribution in [0.1, 0.15) is 5.56 Å². The molecule has 0 bridgehead atoms. The molecule has 0 amide bonds. The van der Waals surface area contributed by atoms with Crippen LogP contribution >= 0.6 is 23.2 Å². The van der Waals surface area contributed by atoms with Gasteiger partial charge in [-0.2, -0.15) is 9.65 Å². The van der Waals surface area contributed by atoms with Gasteiger partial charge in [-0.1, -0.05) is 29.3 Å². The lowest BCUT2D eigenvalue weighted by Gasteiger charge is -2.08. The number of nitrogens with zero attached hydrogens (tertiary/aromatic N) is 2. The minimum atomic E-state index is -0.660. The molecule has 0 fully saturated rings. The minimum absolute atomic E-state index is 0.155. The van der Waals surface area contributed by atoms with Crippen LogP contribution in [0.15, 0.2) is 30.5 Å². The largest absolute Gasteiger partial charge is 0.227 e. The van der Waals surface area contributed by atoms with E-state index in [1.54, 1.807) is 24.3 Å². The third-order valence-electron chi connectivity index (χ3n) is 2.41. The molecule has 18 heavy (non-hydrogen) atoms. The Hall–Kier alpha value is -1.63. The third kappa shape index (κ3) is 2.45. The van der Waals surface area contributed by atoms with Gasteiger partial charge in [-0.05, 0) is 23.8 Å². The van der Waals surface area contributed by atoms with Crippen molar-refractivity contribution in [1.29, 1.82) is 5.26 Å². The van der Waals surface area contributed by atoms with E-state index < -0.39 is 5.95 Å². The number of pyridine rings is 1. The Morgan fingerprint density at radius 3 is 2.56 bits per heavy atom. The fourth-order valence-electron chi connectivity index (χ4n) is 1.61. The Morgan fingerprint density at radius 1 is 1.28 bits per heavy atom. The molecule has 2 aromatic rings. The zero-order valence-electron chi connectivity index (χ0n) is 9.12. The van der Waals surface area contributed by atoms with Gasteiger partial charge in [0.25, 0.3) is 0 Å². The molecule has 2 rings (SSSR count). The predicted octanol–water partition coefficient (Wildman–Crippen LogP) is 4.26. The van der Waals surface area contributed by atoms with Crippen molar-refractivity contribution < 1.29 is 4.39 Å². The quantitative estimate of drug-likeness (QED) is 0.771. The summed E-state index contributed by atoms with van der Waals surface area (Å²) in [7, 11) is 0. The van der Waals surface area contributed by atoms with Crippen LogP contribution in [0.25, 0.3) is 11.1 Å². The molecular formula is C13H7Cl2FN2. The van der Waals surface area contributed by atoms with Crippen molar-refractivity contribution in [1.82, 2.24) is 4.98 Å². The zero-order valence-corrected chi connectivity index (χ0v) is 10.6. The summed E-state index contributed by atoms with van der Waals surface area (Å²) < 4.78 is 13.7. The fourth-order valence-corrected chi connectivity index (χ4v) is 2.21. The average molecular weight is 281 g/mol. The molecule has 1 aromatic carbocycles. The van der Waals surface area contributed by atoms with E-state index in [0.717, 1.165) is 0 Å². The number of rotatable bonds is 2. The maximum absolute atomic E-state index is 13.7. The van der Waals surface area contributed by atoms with Gasteiger partial charge in [0.05, 0.1) is 22.5 Å². The second-order valence-corrected chi connectivity index (χ2v) is 4.43. The second kappa shape index (κ2) is 5.34. The van der Waals surface area contributed by atoms with Crippen molar-refractivity contribution in [3.63, 3.8) is 0 Å². The van der Waals surface area contributed by atoms with Crippen LogP contribution in [0.5, 0.6) is 0 Å². The molecule has 90 valence electrons. The maximum Gasteiger partial charge on any atom is 0.220 e. The Balaban J connectivity index is 2.63. The van der Waals surface area contributed by atoms with Crippen LogP contribution in [-0.4, -0.2) is 4.98 Å². The van der Waals surface area contributed by atoms with Crippen LogP contribution in [-0.2, 0) is 6.42 Å². The average Bonchev–Trinajstić information content (AvgIpc) is 2.33. The van der Waals surface area contributed by atoms with Crippen LogP contribution in [0.4, 0.5) is 4.39 Å². The molecule has 0 N–H and O–H groups in total. The van der Waals surface area contributed by atoms with Gasteiger partial charge in [-0.3, -0.25) is 0 Å². The van der Waals surface area contributed by atoms with E-state index in [0.29, 0.717) is 21.2 Å². The number of benzene rings is 1. The van der Waals surface area contributed by atoms with Gasteiger partial charge in [0.1, 0.15) is 0 Å². The molecule has 0 saturated carbocycles. The highest BCUT2D eigenvalue weighted by molar-refractivity contribution is 6.39. The van der Waals surface area contributed by atoms with Crippen molar-refractivity contribution in [3.8, 4) is 17.2 Å². The maximum atomic E-state index is 13.7. The van der Waals surface area contributed by atoms with Crippen molar-refractivity contribution in [2.45, 2.75) is 6.42 Å². The van der Waals surface area contributed by atoms with E-state index in [2.05, 4.69) is 4.98 Å². The molecule has 0 aliphatic heterocycles. The monoisotopic (exact) mass is 280 g/mol. The topological polar surface area (TPSA) is 36.7 Å². The first-order valence-corrected chi connectivity index (χ1v) is 5.85. The zero-order chi connectivity index (χ0) is 13.1. The highest BCUT2D eigenvalue weighted by Crippen LogP contribution is 2.35. The Morgan fingerprint density at radius 2 is 1.94 bits per heavy atom. The number of halogens is 3. The number of nitriles is 1. The molecule has 0 atom stereocenters. The van der Waals surface area contributed by atoms with Crippen LogP contribution in [0.2, 0.25) is 10.0 Å². The van der Waals surface area contributed by atoms with Gasteiger partial charge < -0.3 is 0 Å². The summed E-state index contributed by atoms with van der Waals surface area (Å²) in [6.45, 7) is 0. The Kier molecular flexibility index (Phi) is 3.81. The summed E-state index contributed by atoms with van der Waals surface area (Å²) in [5.41, 5.74) is 1.22. The van der Waals surface area contributed by atoms with Crippen LogP contribution in [0, 0.1) is 17.3 Å². The molecule has 0 aliphatic carbocycles. The van der Waals surface area contributed by atoms with E-state index >= 15 is 0 Å². The lowest BCUT2D eigenvalue weighted by Crippen LogP contribution is -1.94. The second-order valence-electron chi connectivity index (χ2n) is 3.61. The molecular weight excluding hydrogens is 274 g/mol. The van der Waals surface area contributed by atoms with Crippen LogP contribution in [0.3, 0.4) is 0 Å². The Labute approximate surface area is 114 Å². The van der Waals surface area contributed by atoms with E-state index in [1.165, 1.54) is 6.20 Å². The lowest BCUT2D eigenvalue weighted by atomic mass is 10.0. The summed E-state index contributed by atoms with van der Waals surface area (Å²) in [5, 5.41) is 9.33. The molecule has 1 aromatic heterocycles. The molecule has 1 heterocycles. The van der Waals surface area contributed by atoms with Crippen LogP contribution < -0.4 is 0 Å². The third-order valence-corrected chi connectivity index (χ3v) is 3.04. The van der Waals surface area contributed by atoms with Gasteiger partial charge in [0.2, 0.25) is 5.95 Å². The molecule has 0 radical (unpaired) electrons. The van der Waals surface area contributed by atoms with E-state index in [-0.39, 0.29) is 12.0 Å². The first kappa shape index (κ1) is 12.8. The number of hydrogen-bond donors (Lipinski definition) is 0. The van der Waals surface area contributed by atoms with E-state index in [4.69, 9.17) is 28.5 Å². The Bertz CT molecular complexity index is 615. The number of hydrogen-bond acceptors (Lipinski definition) is 2. The molecule has 0 aliphatic rings. The van der Waals surface area contributed by atoms with Gasteiger partial charge in [0, 0.05) is 17.3 Å². The SMILES string of the molecule is N#CCc1cnc(F)c(-c2c(Cl)cccc2Cl)c1. The summed E-state index contributed by atoms with van der Waals surface area (Å²) in [6, 6.07) is 8.45. The highest BCUT2D eigenvalue weighted by atomic mass is 35.5. The summed E-state index contributed by atoms with van der Waals surface area (Å²) in [5.74, 6) is -0.660. The van der Waals surface area contributed by atoms with Gasteiger partial charge in [0.15, 0.2) is 0 Å². The van der Waals surface area contributed by atoms with Crippen molar-refractivity contribution in [2.24, 2.45) is 0 Å². The van der Waals surface area contributed by atoms with Gasteiger partial charge in [-0.15, -0.1) is 0 Å². The molecule has 0 unspecified atom stereocenters. The van der Waals surface area contributed by atoms with Gasteiger partial charge >= 0.3 is 0 Å². The van der Waals surface area contributed by atoms with Crippen molar-refractivity contribution >= 4 is 23.2 Å². The standard InChI is InChI=1S/C13H7Cl2FN2/c14-10-2-1-3-11(15)12(10)9-6-8(4-5-17)7-18-13(9)16/h1-3,6-7H,4H2. The fraction of sp³-hybridized carbons (Fsp3) is 0.0769. The minimum Gasteiger partial charge on any atom is -0.227 e. The summed E-state index contributed by atoms with van der Waals surface area (Å²) in [6.07, 6.45) is 1.48. The molecule has 5 heteroatoms. The molecule has 2 nitrogen and oxygen atoms in total. The summed E-state index contributed by atoms with van der Waals surface area (Å²) in [4.78, 5) is 3.62. The normalized spacial score (nSPS) is 10.1. The lowest BCUT2D eigenvalue weighted by molar-refractivity contribution is 0.586. The highest BCUT2D eigenvalue weighted by Gasteiger charge is 2.14. The van der Waals surface area contributed by atoms with E-state index in [1.807, 2.05) is 6.07 Å². The smallest absolute Gasteiger partial charge is 0.220 e. The van der Waals surface area contributed by atoms with Crippen molar-refractivity contribution in [2.75, 3.05) is 0 Å². The first-order chi connectivity index (χ1) is 8.63. The number of aromatic nitrogens is 1. The molecule has 0 saturated heterocycles. The first-order valence-electron chi connectivity index (χ1n) is 5.09. The van der Waals surface area contributed by atoms with Crippen molar-refractivity contribution in [3.05, 3.63) is 52.0 Å². The summed E-state index contributed by atoms with van der Waals surface area (Å²) >= 11 is 12.0.